The molecule has 0 aliphatic heterocycles. The molecule has 124 valence electrons. The zero-order chi connectivity index (χ0) is 17.2. The first-order valence-electron chi connectivity index (χ1n) is 6.72. The summed E-state index contributed by atoms with van der Waals surface area (Å²) in [5.41, 5.74) is 1.78. The molecule has 2 N–H and O–H groups in total. The van der Waals surface area contributed by atoms with Crippen LogP contribution >= 0.6 is 22.7 Å². The van der Waals surface area contributed by atoms with Crippen LogP contribution < -0.4 is 5.14 Å². The summed E-state index contributed by atoms with van der Waals surface area (Å²) >= 11 is 2.34. The number of hydrogen-bond acceptors (Lipinski definition) is 7. The minimum absolute atomic E-state index is 0.0166. The number of nitrogens with two attached hydrogens (primary N) is 1. The number of sulfonamides is 1. The van der Waals surface area contributed by atoms with Gasteiger partial charge in [0.2, 0.25) is 10.0 Å². The molecule has 6 nitrogen and oxygen atoms in total. The van der Waals surface area contributed by atoms with Crippen molar-refractivity contribution in [3.8, 4) is 10.6 Å². The lowest BCUT2D eigenvalue weighted by Crippen LogP contribution is -2.10. The quantitative estimate of drug-likeness (QED) is 0.686. The summed E-state index contributed by atoms with van der Waals surface area (Å²) in [6, 6.07) is 10.9. The van der Waals surface area contributed by atoms with E-state index in [9.17, 15) is 13.2 Å². The van der Waals surface area contributed by atoms with Gasteiger partial charge in [-0.2, -0.15) is 0 Å². The van der Waals surface area contributed by atoms with Gasteiger partial charge in [0.1, 0.15) is 15.8 Å². The van der Waals surface area contributed by atoms with Crippen molar-refractivity contribution in [3.63, 3.8) is 0 Å². The van der Waals surface area contributed by atoms with Crippen LogP contribution in [0.4, 0.5) is 0 Å². The van der Waals surface area contributed by atoms with E-state index in [0.29, 0.717) is 5.69 Å². The van der Waals surface area contributed by atoms with Crippen LogP contribution in [-0.4, -0.2) is 19.4 Å². The number of thiophene rings is 1. The van der Waals surface area contributed by atoms with Crippen LogP contribution in [0.3, 0.4) is 0 Å². The molecule has 0 aliphatic rings. The Morgan fingerprint density at radius 1 is 1.17 bits per heavy atom. The standard InChI is InChI=1S/C15H12N2O4S3/c16-24(19,20)13-6-11(8-22-13)15(18)21-7-12-9-23-14(17-12)10-4-2-1-3-5-10/h1-6,8-9H,7H2,(H2,16,19,20). The average Bonchev–Trinajstić information content (AvgIpc) is 3.22. The van der Waals surface area contributed by atoms with Crippen molar-refractivity contribution in [1.82, 2.24) is 4.98 Å². The maximum absolute atomic E-state index is 12.0. The minimum Gasteiger partial charge on any atom is -0.456 e. The maximum Gasteiger partial charge on any atom is 0.339 e. The molecule has 0 aliphatic carbocycles. The zero-order valence-electron chi connectivity index (χ0n) is 12.2. The largest absolute Gasteiger partial charge is 0.456 e. The van der Waals surface area contributed by atoms with Gasteiger partial charge in [0.25, 0.3) is 0 Å². The molecule has 2 aromatic heterocycles. The number of hydrogen-bond donors (Lipinski definition) is 1. The molecule has 9 heteroatoms. The number of nitrogens with zero attached hydrogens (tertiary/aromatic N) is 1. The predicted octanol–water partition coefficient (Wildman–Crippen LogP) is 2.88. The Hall–Kier alpha value is -2.07. The Morgan fingerprint density at radius 2 is 1.92 bits per heavy atom. The molecule has 0 atom stereocenters. The van der Waals surface area contributed by atoms with E-state index in [-0.39, 0.29) is 16.4 Å². The number of rotatable bonds is 5. The second-order valence-electron chi connectivity index (χ2n) is 4.79. The third-order valence-corrected chi connectivity index (χ3v) is 6.34. The Labute approximate surface area is 146 Å². The SMILES string of the molecule is NS(=O)(=O)c1cc(C(=O)OCc2csc(-c3ccccc3)n2)cs1. The van der Waals surface area contributed by atoms with Crippen LogP contribution in [0.15, 0.2) is 51.4 Å². The van der Waals surface area contributed by atoms with Crippen molar-refractivity contribution in [2.75, 3.05) is 0 Å². The number of aromatic nitrogens is 1. The first kappa shape index (κ1) is 16.8. The summed E-state index contributed by atoms with van der Waals surface area (Å²) in [7, 11) is -3.81. The molecule has 0 unspecified atom stereocenters. The van der Waals surface area contributed by atoms with Crippen LogP contribution in [0.1, 0.15) is 16.1 Å². The Balaban J connectivity index is 1.65. The summed E-state index contributed by atoms with van der Waals surface area (Å²) in [6.07, 6.45) is 0. The highest BCUT2D eigenvalue weighted by molar-refractivity contribution is 7.91. The number of thiazole rings is 1. The minimum atomic E-state index is -3.81. The first-order chi connectivity index (χ1) is 11.4. The number of carbonyl (C=O) groups excluding carboxylic acids is 1. The monoisotopic (exact) mass is 380 g/mol. The molecule has 0 saturated carbocycles. The maximum atomic E-state index is 12.0. The third kappa shape index (κ3) is 3.88. The number of ether oxygens (including phenoxy) is 1. The fourth-order valence-electron chi connectivity index (χ4n) is 1.88. The molecule has 0 saturated heterocycles. The van der Waals surface area contributed by atoms with Gasteiger partial charge in [-0.15, -0.1) is 22.7 Å². The van der Waals surface area contributed by atoms with E-state index in [1.165, 1.54) is 22.8 Å². The fraction of sp³-hybridized carbons (Fsp3) is 0.0667. The number of primary sulfonamides is 1. The number of esters is 1. The Bertz CT molecular complexity index is 962. The molecule has 24 heavy (non-hydrogen) atoms. The van der Waals surface area contributed by atoms with Crippen LogP contribution in [0.25, 0.3) is 10.6 Å². The molecular weight excluding hydrogens is 368 g/mol. The van der Waals surface area contributed by atoms with Crippen molar-refractivity contribution in [2.24, 2.45) is 5.14 Å². The zero-order valence-corrected chi connectivity index (χ0v) is 14.7. The molecule has 0 radical (unpaired) electrons. The molecule has 3 rings (SSSR count). The lowest BCUT2D eigenvalue weighted by Gasteiger charge is -2.00. The van der Waals surface area contributed by atoms with E-state index in [1.807, 2.05) is 35.7 Å². The molecule has 0 bridgehead atoms. The fourth-order valence-corrected chi connectivity index (χ4v) is 4.27. The van der Waals surface area contributed by atoms with Crippen molar-refractivity contribution < 1.29 is 17.9 Å². The summed E-state index contributed by atoms with van der Waals surface area (Å²) in [5, 5.41) is 9.08. The van der Waals surface area contributed by atoms with Crippen molar-refractivity contribution in [1.29, 1.82) is 0 Å². The lowest BCUT2D eigenvalue weighted by atomic mass is 10.2. The Kier molecular flexibility index (Phi) is 4.76. The average molecular weight is 380 g/mol. The first-order valence-corrected chi connectivity index (χ1v) is 10.0. The van der Waals surface area contributed by atoms with E-state index in [4.69, 9.17) is 9.88 Å². The van der Waals surface area contributed by atoms with Gasteiger partial charge in [-0.05, 0) is 6.07 Å². The molecule has 0 amide bonds. The van der Waals surface area contributed by atoms with E-state index in [0.717, 1.165) is 21.9 Å². The van der Waals surface area contributed by atoms with Gasteiger partial charge in [-0.25, -0.2) is 23.3 Å². The smallest absolute Gasteiger partial charge is 0.339 e. The molecule has 2 heterocycles. The van der Waals surface area contributed by atoms with E-state index in [1.54, 1.807) is 0 Å². The predicted molar refractivity (Wildman–Crippen MR) is 92.4 cm³/mol. The van der Waals surface area contributed by atoms with E-state index < -0.39 is 16.0 Å². The highest BCUT2D eigenvalue weighted by Crippen LogP contribution is 2.24. The molecule has 0 spiro atoms. The van der Waals surface area contributed by atoms with Crippen molar-refractivity contribution in [3.05, 3.63) is 58.4 Å². The van der Waals surface area contributed by atoms with Crippen LogP contribution in [-0.2, 0) is 21.4 Å². The van der Waals surface area contributed by atoms with Crippen LogP contribution in [0.2, 0.25) is 0 Å². The third-order valence-electron chi connectivity index (χ3n) is 3.02. The lowest BCUT2D eigenvalue weighted by molar-refractivity contribution is 0.0469. The molecule has 0 fully saturated rings. The molecule has 1 aromatic carbocycles. The van der Waals surface area contributed by atoms with Gasteiger partial charge >= 0.3 is 5.97 Å². The normalized spacial score (nSPS) is 11.4. The van der Waals surface area contributed by atoms with Gasteiger partial charge in [-0.3, -0.25) is 0 Å². The molecule has 3 aromatic rings. The summed E-state index contributed by atoms with van der Waals surface area (Å²) in [5.74, 6) is -0.615. The number of carbonyl (C=O) groups is 1. The second kappa shape index (κ2) is 6.81. The topological polar surface area (TPSA) is 99.4 Å². The van der Waals surface area contributed by atoms with Gasteiger partial charge in [0.05, 0.1) is 11.3 Å². The van der Waals surface area contributed by atoms with Gasteiger partial charge in [0, 0.05) is 16.3 Å². The van der Waals surface area contributed by atoms with Gasteiger partial charge < -0.3 is 4.74 Å². The van der Waals surface area contributed by atoms with E-state index >= 15 is 0 Å². The van der Waals surface area contributed by atoms with Crippen molar-refractivity contribution in [2.45, 2.75) is 10.8 Å². The second-order valence-corrected chi connectivity index (χ2v) is 8.34. The highest BCUT2D eigenvalue weighted by atomic mass is 32.2. The van der Waals surface area contributed by atoms with Crippen LogP contribution in [0, 0.1) is 0 Å². The Morgan fingerprint density at radius 3 is 2.58 bits per heavy atom. The molecular formula is C15H12N2O4S3. The summed E-state index contributed by atoms with van der Waals surface area (Å²) in [4.78, 5) is 16.4. The number of benzene rings is 1. The van der Waals surface area contributed by atoms with Crippen molar-refractivity contribution >= 4 is 38.7 Å². The summed E-state index contributed by atoms with van der Waals surface area (Å²) in [6.45, 7) is 0.0166. The van der Waals surface area contributed by atoms with Gasteiger partial charge in [0.15, 0.2) is 0 Å². The van der Waals surface area contributed by atoms with E-state index in [2.05, 4.69) is 4.98 Å². The highest BCUT2D eigenvalue weighted by Gasteiger charge is 2.16. The van der Waals surface area contributed by atoms with Gasteiger partial charge in [-0.1, -0.05) is 30.3 Å². The van der Waals surface area contributed by atoms with Crippen LogP contribution in [0.5, 0.6) is 0 Å². The summed E-state index contributed by atoms with van der Waals surface area (Å²) < 4.78 is 27.5.